The molecule has 4 aromatic rings. The van der Waals surface area contributed by atoms with E-state index in [1.807, 2.05) is 65.2 Å². The molecule has 1 saturated heterocycles. The number of carbonyl (C=O) groups is 1. The highest BCUT2D eigenvalue weighted by Gasteiger charge is 2.24. The first kappa shape index (κ1) is 23.3. The molecule has 0 atom stereocenters. The van der Waals surface area contributed by atoms with Crippen LogP contribution in [0.4, 0.5) is 22.2 Å². The second kappa shape index (κ2) is 10.5. The molecule has 9 nitrogen and oxygen atoms in total. The van der Waals surface area contributed by atoms with Crippen molar-refractivity contribution >= 4 is 34.6 Å². The Morgan fingerprint density at radius 1 is 1.03 bits per heavy atom. The number of urea groups is 1. The minimum absolute atomic E-state index is 0.0934. The zero-order chi connectivity index (χ0) is 24.9. The molecular formula is C27H30N8O. The highest BCUT2D eigenvalue weighted by atomic mass is 16.2. The number of nitrogens with one attached hydrogen (secondary N) is 2. The second-order valence-electron chi connectivity index (χ2n) is 8.84. The van der Waals surface area contributed by atoms with Crippen LogP contribution in [0.2, 0.25) is 0 Å². The minimum atomic E-state index is -0.0934. The number of benzene rings is 2. The van der Waals surface area contributed by atoms with Crippen LogP contribution in [-0.2, 0) is 6.54 Å². The van der Waals surface area contributed by atoms with Crippen LogP contribution < -0.4 is 15.5 Å². The summed E-state index contributed by atoms with van der Waals surface area (Å²) in [6.07, 6.45) is 3.60. The Balaban J connectivity index is 1.33. The number of rotatable bonds is 7. The molecule has 2 aromatic heterocycles. The molecule has 0 spiro atoms. The molecule has 3 heterocycles. The summed E-state index contributed by atoms with van der Waals surface area (Å²) in [7, 11) is 0. The first-order chi connectivity index (χ1) is 17.6. The summed E-state index contributed by atoms with van der Waals surface area (Å²) >= 11 is 0. The zero-order valence-corrected chi connectivity index (χ0v) is 20.4. The van der Waals surface area contributed by atoms with Crippen molar-refractivity contribution in [3.8, 4) is 0 Å². The summed E-state index contributed by atoms with van der Waals surface area (Å²) in [6.45, 7) is 9.51. The Bertz CT molecular complexity index is 1340. The molecule has 2 N–H and O–H groups in total. The number of aryl methyl sites for hydroxylation is 1. The number of amides is 2. The van der Waals surface area contributed by atoms with E-state index in [1.165, 1.54) is 5.56 Å². The molecule has 0 saturated carbocycles. The SMILES string of the molecule is C=CCNc1nc(N2CCN(C(=O)Nc3ccc(C)cc3)CC2)nc2c1ncn2Cc1ccccc1. The van der Waals surface area contributed by atoms with E-state index < -0.39 is 0 Å². The minimum Gasteiger partial charge on any atom is -0.365 e. The number of piperazine rings is 1. The molecule has 36 heavy (non-hydrogen) atoms. The van der Waals surface area contributed by atoms with Gasteiger partial charge in [-0.25, -0.2) is 9.78 Å². The Morgan fingerprint density at radius 3 is 2.50 bits per heavy atom. The quantitative estimate of drug-likeness (QED) is 0.385. The topological polar surface area (TPSA) is 91.2 Å². The van der Waals surface area contributed by atoms with E-state index in [2.05, 4.69) is 39.2 Å². The molecule has 0 radical (unpaired) electrons. The normalized spacial score (nSPS) is 13.6. The van der Waals surface area contributed by atoms with Crippen molar-refractivity contribution in [1.82, 2.24) is 24.4 Å². The first-order valence-corrected chi connectivity index (χ1v) is 12.1. The molecule has 0 bridgehead atoms. The third-order valence-corrected chi connectivity index (χ3v) is 6.21. The van der Waals surface area contributed by atoms with Gasteiger partial charge in [0.2, 0.25) is 5.95 Å². The number of nitrogens with zero attached hydrogens (tertiary/aromatic N) is 6. The molecule has 9 heteroatoms. The molecule has 1 fully saturated rings. The average Bonchev–Trinajstić information content (AvgIpc) is 3.32. The summed E-state index contributed by atoms with van der Waals surface area (Å²) < 4.78 is 2.04. The summed E-state index contributed by atoms with van der Waals surface area (Å²) in [5, 5.41) is 6.29. The fourth-order valence-corrected chi connectivity index (χ4v) is 4.21. The van der Waals surface area contributed by atoms with Crippen molar-refractivity contribution in [2.24, 2.45) is 0 Å². The third kappa shape index (κ3) is 5.14. The lowest BCUT2D eigenvalue weighted by Gasteiger charge is -2.34. The van der Waals surface area contributed by atoms with Crippen molar-refractivity contribution < 1.29 is 4.79 Å². The summed E-state index contributed by atoms with van der Waals surface area (Å²) in [5.74, 6) is 1.31. The Kier molecular flexibility index (Phi) is 6.79. The van der Waals surface area contributed by atoms with Gasteiger partial charge in [-0.1, -0.05) is 54.1 Å². The molecule has 5 rings (SSSR count). The lowest BCUT2D eigenvalue weighted by molar-refractivity contribution is 0.208. The number of imidazole rings is 1. The van der Waals surface area contributed by atoms with Crippen LogP contribution in [0.25, 0.3) is 11.2 Å². The molecule has 0 aliphatic carbocycles. The van der Waals surface area contributed by atoms with Gasteiger partial charge in [0.1, 0.15) is 0 Å². The molecule has 2 amide bonds. The highest BCUT2D eigenvalue weighted by Crippen LogP contribution is 2.24. The van der Waals surface area contributed by atoms with Crippen molar-refractivity contribution in [3.05, 3.63) is 84.7 Å². The number of aromatic nitrogens is 4. The predicted molar refractivity (Wildman–Crippen MR) is 144 cm³/mol. The van der Waals surface area contributed by atoms with Gasteiger partial charge < -0.3 is 25.0 Å². The van der Waals surface area contributed by atoms with Crippen LogP contribution in [0.3, 0.4) is 0 Å². The van der Waals surface area contributed by atoms with E-state index in [1.54, 1.807) is 6.08 Å². The first-order valence-electron chi connectivity index (χ1n) is 12.1. The van der Waals surface area contributed by atoms with Crippen LogP contribution in [0.15, 0.2) is 73.6 Å². The van der Waals surface area contributed by atoms with Crippen LogP contribution in [0, 0.1) is 6.92 Å². The molecule has 1 aliphatic heterocycles. The summed E-state index contributed by atoms with van der Waals surface area (Å²) in [6, 6.07) is 18.0. The van der Waals surface area contributed by atoms with E-state index in [9.17, 15) is 4.79 Å². The molecule has 0 unspecified atom stereocenters. The van der Waals surface area contributed by atoms with E-state index in [0.717, 1.165) is 22.4 Å². The Morgan fingerprint density at radius 2 is 1.78 bits per heavy atom. The lowest BCUT2D eigenvalue weighted by atomic mass is 10.2. The zero-order valence-electron chi connectivity index (χ0n) is 20.4. The lowest BCUT2D eigenvalue weighted by Crippen LogP contribution is -2.50. The van der Waals surface area contributed by atoms with Gasteiger partial charge in [0.25, 0.3) is 0 Å². The summed E-state index contributed by atoms with van der Waals surface area (Å²) in [4.78, 5) is 31.0. The number of anilines is 3. The fraction of sp³-hybridized carbons (Fsp3) is 0.259. The van der Waals surface area contributed by atoms with Gasteiger partial charge in [-0.05, 0) is 24.6 Å². The maximum atomic E-state index is 12.8. The number of hydrogen-bond donors (Lipinski definition) is 2. The second-order valence-corrected chi connectivity index (χ2v) is 8.84. The standard InChI is InChI=1S/C27H30N8O/c1-3-13-28-24-23-25(35(19-29-23)18-21-7-5-4-6-8-21)32-26(31-24)33-14-16-34(17-15-33)27(36)30-22-11-9-20(2)10-12-22/h3-12,19H,1,13-18H2,2H3,(H,30,36)(H,28,31,32). The van der Waals surface area contributed by atoms with Crippen molar-refractivity contribution in [1.29, 1.82) is 0 Å². The van der Waals surface area contributed by atoms with Crippen molar-refractivity contribution in [2.45, 2.75) is 13.5 Å². The van der Waals surface area contributed by atoms with Gasteiger partial charge in [0.05, 0.1) is 12.9 Å². The highest BCUT2D eigenvalue weighted by molar-refractivity contribution is 5.89. The maximum absolute atomic E-state index is 12.8. The maximum Gasteiger partial charge on any atom is 0.321 e. The van der Waals surface area contributed by atoms with Gasteiger partial charge in [0, 0.05) is 38.4 Å². The Labute approximate surface area is 210 Å². The molecule has 184 valence electrons. The smallest absolute Gasteiger partial charge is 0.321 e. The Hall–Kier alpha value is -4.40. The number of hydrogen-bond acceptors (Lipinski definition) is 6. The number of fused-ring (bicyclic) bond motifs is 1. The predicted octanol–water partition coefficient (Wildman–Crippen LogP) is 4.14. The molecular weight excluding hydrogens is 452 g/mol. The van der Waals surface area contributed by atoms with Crippen LogP contribution in [0.5, 0.6) is 0 Å². The average molecular weight is 483 g/mol. The van der Waals surface area contributed by atoms with Crippen LogP contribution in [-0.4, -0.2) is 63.2 Å². The molecule has 2 aromatic carbocycles. The van der Waals surface area contributed by atoms with Gasteiger partial charge >= 0.3 is 6.03 Å². The van der Waals surface area contributed by atoms with Gasteiger partial charge in [0.15, 0.2) is 17.0 Å². The van der Waals surface area contributed by atoms with E-state index >= 15 is 0 Å². The monoisotopic (exact) mass is 482 g/mol. The van der Waals surface area contributed by atoms with Gasteiger partial charge in [-0.3, -0.25) is 0 Å². The van der Waals surface area contributed by atoms with Gasteiger partial charge in [-0.2, -0.15) is 9.97 Å². The van der Waals surface area contributed by atoms with E-state index in [-0.39, 0.29) is 6.03 Å². The van der Waals surface area contributed by atoms with E-state index in [0.29, 0.717) is 51.0 Å². The van der Waals surface area contributed by atoms with Crippen LogP contribution >= 0.6 is 0 Å². The van der Waals surface area contributed by atoms with E-state index in [4.69, 9.17) is 9.97 Å². The van der Waals surface area contributed by atoms with Crippen molar-refractivity contribution in [2.75, 3.05) is 48.3 Å². The van der Waals surface area contributed by atoms with Gasteiger partial charge in [-0.15, -0.1) is 6.58 Å². The number of carbonyl (C=O) groups excluding carboxylic acids is 1. The molecule has 1 aliphatic rings. The van der Waals surface area contributed by atoms with Crippen molar-refractivity contribution in [3.63, 3.8) is 0 Å². The largest absolute Gasteiger partial charge is 0.365 e. The van der Waals surface area contributed by atoms with Crippen LogP contribution in [0.1, 0.15) is 11.1 Å². The fourth-order valence-electron chi connectivity index (χ4n) is 4.21. The summed E-state index contributed by atoms with van der Waals surface area (Å²) in [5.41, 5.74) is 4.63. The third-order valence-electron chi connectivity index (χ3n) is 6.21.